The monoisotopic (exact) mass is 333 g/mol. The minimum Gasteiger partial charge on any atom is -0.483 e. The molecule has 1 aliphatic rings. The Morgan fingerprint density at radius 3 is 2.74 bits per heavy atom. The van der Waals surface area contributed by atoms with Crippen molar-refractivity contribution in [1.82, 2.24) is 0 Å². The first-order valence-electron chi connectivity index (χ1n) is 7.12. The van der Waals surface area contributed by atoms with E-state index in [4.69, 9.17) is 25.8 Å². The first-order valence-corrected chi connectivity index (χ1v) is 7.50. The number of hydrogen-bond acceptors (Lipinski definition) is 4. The van der Waals surface area contributed by atoms with Gasteiger partial charge in [0.05, 0.1) is 10.7 Å². The lowest BCUT2D eigenvalue weighted by Crippen LogP contribution is -2.20. The van der Waals surface area contributed by atoms with Gasteiger partial charge in [0.1, 0.15) is 5.75 Å². The van der Waals surface area contributed by atoms with Crippen LogP contribution in [0.2, 0.25) is 5.02 Å². The van der Waals surface area contributed by atoms with Crippen LogP contribution in [-0.4, -0.2) is 19.3 Å². The van der Waals surface area contributed by atoms with E-state index >= 15 is 0 Å². The molecule has 6 heteroatoms. The van der Waals surface area contributed by atoms with Gasteiger partial charge < -0.3 is 19.5 Å². The maximum Gasteiger partial charge on any atom is 0.262 e. The van der Waals surface area contributed by atoms with Crippen LogP contribution in [0.5, 0.6) is 17.2 Å². The van der Waals surface area contributed by atoms with E-state index in [0.29, 0.717) is 28.0 Å². The first-order chi connectivity index (χ1) is 11.0. The molecule has 0 saturated carbocycles. The molecule has 5 nitrogen and oxygen atoms in total. The summed E-state index contributed by atoms with van der Waals surface area (Å²) in [6, 6.07) is 9.10. The topological polar surface area (TPSA) is 56.8 Å². The van der Waals surface area contributed by atoms with Gasteiger partial charge in [-0.1, -0.05) is 23.7 Å². The molecule has 2 aromatic carbocycles. The van der Waals surface area contributed by atoms with Gasteiger partial charge in [0.25, 0.3) is 5.91 Å². The number of benzene rings is 2. The molecule has 0 aromatic heterocycles. The number of hydrogen-bond donors (Lipinski definition) is 1. The normalized spacial score (nSPS) is 12.1. The Morgan fingerprint density at radius 2 is 1.96 bits per heavy atom. The van der Waals surface area contributed by atoms with Gasteiger partial charge >= 0.3 is 0 Å². The fraction of sp³-hybridized carbons (Fsp3) is 0.235. The third-order valence-corrected chi connectivity index (χ3v) is 3.75. The average molecular weight is 334 g/mol. The van der Waals surface area contributed by atoms with Gasteiger partial charge in [-0.3, -0.25) is 4.79 Å². The molecule has 0 saturated heterocycles. The largest absolute Gasteiger partial charge is 0.483 e. The summed E-state index contributed by atoms with van der Waals surface area (Å²) in [4.78, 5) is 12.1. The van der Waals surface area contributed by atoms with Crippen LogP contribution in [0.4, 0.5) is 5.69 Å². The van der Waals surface area contributed by atoms with Crippen LogP contribution in [0, 0.1) is 13.8 Å². The Bertz CT molecular complexity index is 760. The Kier molecular flexibility index (Phi) is 4.30. The van der Waals surface area contributed by atoms with Crippen molar-refractivity contribution in [2.45, 2.75) is 13.8 Å². The lowest BCUT2D eigenvalue weighted by Gasteiger charge is -2.11. The van der Waals surface area contributed by atoms with Crippen molar-refractivity contribution in [3.05, 3.63) is 46.5 Å². The fourth-order valence-electron chi connectivity index (χ4n) is 2.21. The summed E-state index contributed by atoms with van der Waals surface area (Å²) in [5.41, 5.74) is 2.51. The van der Waals surface area contributed by atoms with Crippen LogP contribution in [0.1, 0.15) is 11.1 Å². The number of nitrogens with one attached hydrogen (secondary N) is 1. The lowest BCUT2D eigenvalue weighted by molar-refractivity contribution is -0.118. The standard InChI is InChI=1S/C17H16ClNO4/c1-10-3-4-11(2)14(5-10)21-8-17(20)19-13-7-16-15(6-12(13)18)22-9-23-16/h3-7H,8-9H2,1-2H3,(H,19,20). The number of halogens is 1. The first kappa shape index (κ1) is 15.5. The molecule has 1 N–H and O–H groups in total. The summed E-state index contributed by atoms with van der Waals surface area (Å²) < 4.78 is 16.1. The van der Waals surface area contributed by atoms with E-state index in [1.165, 1.54) is 0 Å². The fourth-order valence-corrected chi connectivity index (χ4v) is 2.41. The van der Waals surface area contributed by atoms with Crippen molar-refractivity contribution in [2.24, 2.45) is 0 Å². The second-order valence-electron chi connectivity index (χ2n) is 5.29. The zero-order valence-corrected chi connectivity index (χ0v) is 13.6. The van der Waals surface area contributed by atoms with E-state index in [0.717, 1.165) is 11.1 Å². The average Bonchev–Trinajstić information content (AvgIpc) is 2.95. The smallest absolute Gasteiger partial charge is 0.262 e. The predicted molar refractivity (Wildman–Crippen MR) is 87.6 cm³/mol. The number of carbonyl (C=O) groups excluding carboxylic acids is 1. The number of ether oxygens (including phenoxy) is 3. The number of carbonyl (C=O) groups is 1. The van der Waals surface area contributed by atoms with E-state index in [1.54, 1.807) is 12.1 Å². The van der Waals surface area contributed by atoms with Crippen LogP contribution in [-0.2, 0) is 4.79 Å². The van der Waals surface area contributed by atoms with Crippen LogP contribution < -0.4 is 19.5 Å². The van der Waals surface area contributed by atoms with Gasteiger partial charge in [0.15, 0.2) is 18.1 Å². The summed E-state index contributed by atoms with van der Waals surface area (Å²) >= 11 is 6.12. The maximum absolute atomic E-state index is 12.1. The highest BCUT2D eigenvalue weighted by Gasteiger charge is 2.17. The second kappa shape index (κ2) is 6.38. The third kappa shape index (κ3) is 3.51. The highest BCUT2D eigenvalue weighted by molar-refractivity contribution is 6.34. The van der Waals surface area contributed by atoms with Gasteiger partial charge in [-0.25, -0.2) is 0 Å². The summed E-state index contributed by atoms with van der Waals surface area (Å²) in [6.45, 7) is 3.95. The molecular weight excluding hydrogens is 318 g/mol. The van der Waals surface area contributed by atoms with Gasteiger partial charge in [-0.05, 0) is 31.0 Å². The van der Waals surface area contributed by atoms with Crippen molar-refractivity contribution in [3.8, 4) is 17.2 Å². The number of anilines is 1. The van der Waals surface area contributed by atoms with E-state index in [9.17, 15) is 4.79 Å². The van der Waals surface area contributed by atoms with Crippen LogP contribution in [0.3, 0.4) is 0 Å². The highest BCUT2D eigenvalue weighted by Crippen LogP contribution is 2.39. The number of amides is 1. The molecule has 0 radical (unpaired) electrons. The Hall–Kier alpha value is -2.40. The van der Waals surface area contributed by atoms with E-state index in [-0.39, 0.29) is 19.3 Å². The van der Waals surface area contributed by atoms with Gasteiger partial charge in [-0.15, -0.1) is 0 Å². The molecule has 1 heterocycles. The zero-order chi connectivity index (χ0) is 16.4. The van der Waals surface area contributed by atoms with Crippen molar-refractivity contribution in [1.29, 1.82) is 0 Å². The Labute approximate surface area is 139 Å². The van der Waals surface area contributed by atoms with Crippen molar-refractivity contribution < 1.29 is 19.0 Å². The minimum atomic E-state index is -0.299. The van der Waals surface area contributed by atoms with Crippen molar-refractivity contribution in [2.75, 3.05) is 18.7 Å². The summed E-state index contributed by atoms with van der Waals surface area (Å²) in [5.74, 6) is 1.52. The molecule has 0 bridgehead atoms. The van der Waals surface area contributed by atoms with Gasteiger partial charge in [0.2, 0.25) is 6.79 Å². The molecular formula is C17H16ClNO4. The molecule has 0 spiro atoms. The SMILES string of the molecule is Cc1ccc(C)c(OCC(=O)Nc2cc3c(cc2Cl)OCO3)c1. The van der Waals surface area contributed by atoms with Crippen molar-refractivity contribution in [3.63, 3.8) is 0 Å². The molecule has 0 atom stereocenters. The molecule has 0 aliphatic carbocycles. The molecule has 2 aromatic rings. The Balaban J connectivity index is 1.65. The van der Waals surface area contributed by atoms with Crippen LogP contribution >= 0.6 is 11.6 Å². The summed E-state index contributed by atoms with van der Waals surface area (Å²) in [6.07, 6.45) is 0. The predicted octanol–water partition coefficient (Wildman–Crippen LogP) is 3.70. The number of fused-ring (bicyclic) bond motifs is 1. The third-order valence-electron chi connectivity index (χ3n) is 3.44. The molecule has 1 aliphatic heterocycles. The molecule has 0 fully saturated rings. The summed E-state index contributed by atoms with van der Waals surface area (Å²) in [5, 5.41) is 3.10. The molecule has 23 heavy (non-hydrogen) atoms. The van der Waals surface area contributed by atoms with E-state index < -0.39 is 0 Å². The quantitative estimate of drug-likeness (QED) is 0.926. The molecule has 0 unspecified atom stereocenters. The van der Waals surface area contributed by atoms with Crippen LogP contribution in [0.15, 0.2) is 30.3 Å². The van der Waals surface area contributed by atoms with Gasteiger partial charge in [-0.2, -0.15) is 0 Å². The highest BCUT2D eigenvalue weighted by atomic mass is 35.5. The molecule has 1 amide bonds. The zero-order valence-electron chi connectivity index (χ0n) is 12.8. The molecule has 3 rings (SSSR count). The minimum absolute atomic E-state index is 0.102. The van der Waals surface area contributed by atoms with E-state index in [2.05, 4.69) is 5.32 Å². The van der Waals surface area contributed by atoms with Crippen LogP contribution in [0.25, 0.3) is 0 Å². The van der Waals surface area contributed by atoms with Gasteiger partial charge in [0, 0.05) is 12.1 Å². The maximum atomic E-state index is 12.1. The Morgan fingerprint density at radius 1 is 1.22 bits per heavy atom. The number of rotatable bonds is 4. The van der Waals surface area contributed by atoms with E-state index in [1.807, 2.05) is 32.0 Å². The van der Waals surface area contributed by atoms with Crippen molar-refractivity contribution >= 4 is 23.2 Å². The molecule has 120 valence electrons. The number of aryl methyl sites for hydroxylation is 2. The second-order valence-corrected chi connectivity index (χ2v) is 5.70. The summed E-state index contributed by atoms with van der Waals surface area (Å²) in [7, 11) is 0. The lowest BCUT2D eigenvalue weighted by atomic mass is 10.1.